The molecule has 0 aliphatic heterocycles. The average Bonchev–Trinajstić information content (AvgIpc) is 2.56. The molecule has 0 bridgehead atoms. The fourth-order valence-corrected chi connectivity index (χ4v) is 2.72. The molecule has 0 aliphatic carbocycles. The second kappa shape index (κ2) is 12.2. The minimum atomic E-state index is 0. The van der Waals surface area contributed by atoms with Crippen molar-refractivity contribution < 1.29 is 9.47 Å². The van der Waals surface area contributed by atoms with Crippen molar-refractivity contribution in [3.05, 3.63) is 23.8 Å². The van der Waals surface area contributed by atoms with E-state index in [4.69, 9.17) is 14.5 Å². The summed E-state index contributed by atoms with van der Waals surface area (Å²) in [4.78, 5) is 6.89. The predicted octanol–water partition coefficient (Wildman–Crippen LogP) is 2.96. The second-order valence-electron chi connectivity index (χ2n) is 7.13. The van der Waals surface area contributed by atoms with Crippen LogP contribution in [-0.2, 0) is 6.54 Å². The van der Waals surface area contributed by atoms with E-state index >= 15 is 0 Å². The summed E-state index contributed by atoms with van der Waals surface area (Å²) in [6, 6.07) is 5.79. The number of nitrogens with one attached hydrogen (secondary N) is 2. The van der Waals surface area contributed by atoms with Crippen molar-refractivity contribution in [2.24, 2.45) is 10.4 Å². The quantitative estimate of drug-likeness (QED) is 0.325. The van der Waals surface area contributed by atoms with Gasteiger partial charge in [0.05, 0.1) is 20.8 Å². The molecule has 0 aromatic heterocycles. The number of nitrogens with zero attached hydrogens (tertiary/aromatic N) is 2. The Labute approximate surface area is 175 Å². The lowest BCUT2D eigenvalue weighted by Gasteiger charge is -2.29. The molecule has 0 unspecified atom stereocenters. The van der Waals surface area contributed by atoms with Crippen LogP contribution >= 0.6 is 24.0 Å². The van der Waals surface area contributed by atoms with Crippen LogP contribution in [0, 0.1) is 5.41 Å². The Morgan fingerprint density at radius 1 is 1.15 bits per heavy atom. The van der Waals surface area contributed by atoms with Gasteiger partial charge in [-0.15, -0.1) is 24.0 Å². The molecule has 0 saturated carbocycles. The molecule has 6 nitrogen and oxygen atoms in total. The maximum Gasteiger partial charge on any atom is 0.191 e. The van der Waals surface area contributed by atoms with Crippen LogP contribution < -0.4 is 20.1 Å². The van der Waals surface area contributed by atoms with Gasteiger partial charge < -0.3 is 25.0 Å². The molecule has 1 aromatic carbocycles. The molecule has 2 N–H and O–H groups in total. The summed E-state index contributed by atoms with van der Waals surface area (Å²) in [6.07, 6.45) is 0. The Hall–Kier alpha value is -1.22. The van der Waals surface area contributed by atoms with Crippen LogP contribution in [0.4, 0.5) is 0 Å². The molecule has 0 amide bonds. The SMILES string of the molecule is CCNC(=NCc1ccc(OC)cc1OC)NCC(C)(C)CN(C)C.I. The summed E-state index contributed by atoms with van der Waals surface area (Å²) in [7, 11) is 7.50. The fraction of sp³-hybridized carbons (Fsp3) is 0.632. The van der Waals surface area contributed by atoms with Gasteiger partial charge in [-0.2, -0.15) is 0 Å². The Kier molecular flexibility index (Phi) is 11.6. The molecule has 0 saturated heterocycles. The van der Waals surface area contributed by atoms with E-state index in [1.165, 1.54) is 0 Å². The molecule has 26 heavy (non-hydrogen) atoms. The molecule has 150 valence electrons. The molecule has 0 fully saturated rings. The fourth-order valence-electron chi connectivity index (χ4n) is 2.72. The van der Waals surface area contributed by atoms with E-state index in [-0.39, 0.29) is 29.4 Å². The topological polar surface area (TPSA) is 58.1 Å². The van der Waals surface area contributed by atoms with Gasteiger partial charge in [0.2, 0.25) is 0 Å². The van der Waals surface area contributed by atoms with Crippen LogP contribution in [0.2, 0.25) is 0 Å². The number of guanidine groups is 1. The maximum absolute atomic E-state index is 5.44. The van der Waals surface area contributed by atoms with E-state index < -0.39 is 0 Å². The molecule has 1 rings (SSSR count). The second-order valence-corrected chi connectivity index (χ2v) is 7.13. The molecule has 7 heteroatoms. The summed E-state index contributed by atoms with van der Waals surface area (Å²) < 4.78 is 10.7. The minimum absolute atomic E-state index is 0. The van der Waals surface area contributed by atoms with Crippen LogP contribution in [0.1, 0.15) is 26.3 Å². The zero-order chi connectivity index (χ0) is 18.9. The largest absolute Gasteiger partial charge is 0.497 e. The summed E-state index contributed by atoms with van der Waals surface area (Å²) in [6.45, 7) is 9.76. The first-order valence-electron chi connectivity index (χ1n) is 8.69. The van der Waals surface area contributed by atoms with Crippen molar-refractivity contribution in [2.45, 2.75) is 27.3 Å². The lowest BCUT2D eigenvalue weighted by molar-refractivity contribution is 0.241. The van der Waals surface area contributed by atoms with Crippen molar-refractivity contribution in [1.29, 1.82) is 0 Å². The van der Waals surface area contributed by atoms with E-state index in [0.29, 0.717) is 6.54 Å². The molecule has 0 atom stereocenters. The number of hydrogen-bond donors (Lipinski definition) is 2. The third-order valence-electron chi connectivity index (χ3n) is 3.72. The normalized spacial score (nSPS) is 11.8. The highest BCUT2D eigenvalue weighted by Gasteiger charge is 2.19. The monoisotopic (exact) mass is 478 g/mol. The van der Waals surface area contributed by atoms with Crippen LogP contribution in [0.3, 0.4) is 0 Å². The number of rotatable bonds is 9. The van der Waals surface area contributed by atoms with Gasteiger partial charge in [-0.3, -0.25) is 0 Å². The number of hydrogen-bond acceptors (Lipinski definition) is 4. The number of aliphatic imine (C=N–C) groups is 1. The first-order chi connectivity index (χ1) is 11.8. The third-order valence-corrected chi connectivity index (χ3v) is 3.72. The van der Waals surface area contributed by atoms with E-state index in [2.05, 4.69) is 50.4 Å². The Morgan fingerprint density at radius 2 is 1.85 bits per heavy atom. The van der Waals surface area contributed by atoms with Crippen molar-refractivity contribution in [2.75, 3.05) is 47.9 Å². The van der Waals surface area contributed by atoms with Gasteiger partial charge in [0.25, 0.3) is 0 Å². The highest BCUT2D eigenvalue weighted by molar-refractivity contribution is 14.0. The van der Waals surface area contributed by atoms with Crippen LogP contribution in [0.25, 0.3) is 0 Å². The molecule has 1 aromatic rings. The average molecular weight is 478 g/mol. The Bertz CT molecular complexity index is 562. The summed E-state index contributed by atoms with van der Waals surface area (Å²) in [5.41, 5.74) is 1.17. The molecular formula is C19H35IN4O2. The molecule has 0 radical (unpaired) electrons. The molecular weight excluding hydrogens is 443 g/mol. The number of benzene rings is 1. The van der Waals surface area contributed by atoms with Crippen LogP contribution in [0.15, 0.2) is 23.2 Å². The number of ether oxygens (including phenoxy) is 2. The summed E-state index contributed by atoms with van der Waals surface area (Å²) in [5, 5.41) is 6.74. The van der Waals surface area contributed by atoms with Crippen molar-refractivity contribution in [1.82, 2.24) is 15.5 Å². The van der Waals surface area contributed by atoms with E-state index in [1.54, 1.807) is 14.2 Å². The standard InChI is InChI=1S/C19H34N4O2.HI/c1-8-20-18(22-13-19(2,3)14-23(4)5)21-12-15-9-10-16(24-6)11-17(15)25-7;/h9-11H,8,12-14H2,1-7H3,(H2,20,21,22);1H. The van der Waals surface area contributed by atoms with Crippen LogP contribution in [0.5, 0.6) is 11.5 Å². The zero-order valence-electron chi connectivity index (χ0n) is 17.2. The number of methoxy groups -OCH3 is 2. The van der Waals surface area contributed by atoms with Gasteiger partial charge in [-0.05, 0) is 38.6 Å². The summed E-state index contributed by atoms with van der Waals surface area (Å²) in [5.74, 6) is 2.37. The molecule has 0 heterocycles. The van der Waals surface area contributed by atoms with Gasteiger partial charge in [-0.1, -0.05) is 13.8 Å². The lowest BCUT2D eigenvalue weighted by Crippen LogP contribution is -2.44. The molecule has 0 aliphatic rings. The van der Waals surface area contributed by atoms with Gasteiger partial charge in [0.15, 0.2) is 5.96 Å². The zero-order valence-corrected chi connectivity index (χ0v) is 19.5. The maximum atomic E-state index is 5.44. The highest BCUT2D eigenvalue weighted by atomic mass is 127. The van der Waals surface area contributed by atoms with Crippen molar-refractivity contribution >= 4 is 29.9 Å². The number of halogens is 1. The first kappa shape index (κ1) is 24.8. The smallest absolute Gasteiger partial charge is 0.191 e. The predicted molar refractivity (Wildman–Crippen MR) is 120 cm³/mol. The third kappa shape index (κ3) is 8.93. The van der Waals surface area contributed by atoms with Gasteiger partial charge in [-0.25, -0.2) is 4.99 Å². The lowest BCUT2D eigenvalue weighted by atomic mass is 9.93. The summed E-state index contributed by atoms with van der Waals surface area (Å²) >= 11 is 0. The van der Waals surface area contributed by atoms with Gasteiger partial charge in [0, 0.05) is 31.3 Å². The molecule has 0 spiro atoms. The highest BCUT2D eigenvalue weighted by Crippen LogP contribution is 2.25. The van der Waals surface area contributed by atoms with Gasteiger partial charge >= 0.3 is 0 Å². The Morgan fingerprint density at radius 3 is 2.38 bits per heavy atom. The minimum Gasteiger partial charge on any atom is -0.497 e. The van der Waals surface area contributed by atoms with Crippen molar-refractivity contribution in [3.8, 4) is 11.5 Å². The van der Waals surface area contributed by atoms with E-state index in [0.717, 1.165) is 42.7 Å². The first-order valence-corrected chi connectivity index (χ1v) is 8.69. The van der Waals surface area contributed by atoms with E-state index in [9.17, 15) is 0 Å². The van der Waals surface area contributed by atoms with Gasteiger partial charge in [0.1, 0.15) is 11.5 Å². The van der Waals surface area contributed by atoms with E-state index in [1.807, 2.05) is 18.2 Å². The Balaban J connectivity index is 0.00000625. The van der Waals surface area contributed by atoms with Crippen molar-refractivity contribution in [3.63, 3.8) is 0 Å². The van der Waals surface area contributed by atoms with Crippen LogP contribution in [-0.4, -0.2) is 58.8 Å².